The van der Waals surface area contributed by atoms with E-state index in [1.165, 1.54) is 0 Å². The van der Waals surface area contributed by atoms with Crippen molar-refractivity contribution in [3.63, 3.8) is 0 Å². The highest BCUT2D eigenvalue weighted by Gasteiger charge is 2.17. The number of aromatic nitrogens is 2. The van der Waals surface area contributed by atoms with E-state index in [1.54, 1.807) is 4.68 Å². The lowest BCUT2D eigenvalue weighted by atomic mass is 9.97. The van der Waals surface area contributed by atoms with Crippen LogP contribution in [0.15, 0.2) is 0 Å². The lowest BCUT2D eigenvalue weighted by Crippen LogP contribution is -2.38. The Morgan fingerprint density at radius 3 is 2.60 bits per heavy atom. The highest BCUT2D eigenvalue weighted by Crippen LogP contribution is 2.15. The van der Waals surface area contributed by atoms with Crippen molar-refractivity contribution in [3.05, 3.63) is 11.4 Å². The van der Waals surface area contributed by atoms with Gasteiger partial charge < -0.3 is 16.0 Å². The molecular weight excluding hydrogens is 254 g/mol. The summed E-state index contributed by atoms with van der Waals surface area (Å²) in [6.45, 7) is 7.00. The van der Waals surface area contributed by atoms with Gasteiger partial charge in [0.15, 0.2) is 0 Å². The summed E-state index contributed by atoms with van der Waals surface area (Å²) in [4.78, 5) is 14.3. The van der Waals surface area contributed by atoms with E-state index in [1.807, 2.05) is 13.8 Å². The lowest BCUT2D eigenvalue weighted by Gasteiger charge is -2.28. The molecule has 0 unspecified atom stereocenters. The molecule has 112 valence electrons. The van der Waals surface area contributed by atoms with Crippen LogP contribution in [-0.4, -0.2) is 47.3 Å². The van der Waals surface area contributed by atoms with E-state index in [0.717, 1.165) is 43.9 Å². The zero-order chi connectivity index (χ0) is 14.7. The Hall–Kier alpha value is -1.56. The van der Waals surface area contributed by atoms with Crippen LogP contribution in [0, 0.1) is 19.8 Å². The fourth-order valence-electron chi connectivity index (χ4n) is 2.58. The van der Waals surface area contributed by atoms with E-state index in [9.17, 15) is 4.79 Å². The highest BCUT2D eigenvalue weighted by atomic mass is 16.2. The molecule has 1 aromatic heterocycles. The van der Waals surface area contributed by atoms with Crippen molar-refractivity contribution in [2.45, 2.75) is 33.2 Å². The maximum atomic E-state index is 12.0. The van der Waals surface area contributed by atoms with Crippen LogP contribution in [0.5, 0.6) is 0 Å². The second-order valence-corrected chi connectivity index (χ2v) is 5.79. The molecule has 2 heterocycles. The standard InChI is InChI=1S/C14H25N5O/c1-10-14(15)11(2)19(17-10)9-13(20)16-8-12-4-6-18(3)7-5-12/h12H,4-9,15H2,1-3H3,(H,16,20). The fraction of sp³-hybridized carbons (Fsp3) is 0.714. The second kappa shape index (κ2) is 6.26. The van der Waals surface area contributed by atoms with Gasteiger partial charge in [0.05, 0.1) is 17.1 Å². The van der Waals surface area contributed by atoms with Gasteiger partial charge in [0.2, 0.25) is 5.91 Å². The van der Waals surface area contributed by atoms with Crippen molar-refractivity contribution in [1.82, 2.24) is 20.0 Å². The third kappa shape index (κ3) is 3.50. The van der Waals surface area contributed by atoms with Gasteiger partial charge in [-0.2, -0.15) is 5.10 Å². The Labute approximate surface area is 120 Å². The van der Waals surface area contributed by atoms with E-state index >= 15 is 0 Å². The summed E-state index contributed by atoms with van der Waals surface area (Å²) in [5, 5.41) is 7.29. The van der Waals surface area contributed by atoms with Crippen molar-refractivity contribution >= 4 is 11.6 Å². The topological polar surface area (TPSA) is 76.2 Å². The molecule has 0 atom stereocenters. The summed E-state index contributed by atoms with van der Waals surface area (Å²) in [6.07, 6.45) is 2.31. The molecule has 0 bridgehead atoms. The number of carbonyl (C=O) groups excluding carboxylic acids is 1. The molecule has 6 nitrogen and oxygen atoms in total. The third-order valence-corrected chi connectivity index (χ3v) is 4.16. The summed E-state index contributed by atoms with van der Waals surface area (Å²) in [7, 11) is 2.14. The molecule has 1 aromatic rings. The molecule has 2 rings (SSSR count). The Morgan fingerprint density at radius 1 is 1.40 bits per heavy atom. The molecule has 1 aliphatic rings. The van der Waals surface area contributed by atoms with Crippen LogP contribution in [0.3, 0.4) is 0 Å². The summed E-state index contributed by atoms with van der Waals surface area (Å²) >= 11 is 0. The number of piperidine rings is 1. The number of amides is 1. The van der Waals surface area contributed by atoms with Crippen molar-refractivity contribution in [3.8, 4) is 0 Å². The average molecular weight is 279 g/mol. The molecule has 3 N–H and O–H groups in total. The predicted molar refractivity (Wildman–Crippen MR) is 79.3 cm³/mol. The first-order chi connectivity index (χ1) is 9.47. The Morgan fingerprint density at radius 2 is 2.05 bits per heavy atom. The van der Waals surface area contributed by atoms with Crippen molar-refractivity contribution in [2.24, 2.45) is 5.92 Å². The fourth-order valence-corrected chi connectivity index (χ4v) is 2.58. The summed E-state index contributed by atoms with van der Waals surface area (Å²) in [5.41, 5.74) is 8.18. The van der Waals surface area contributed by atoms with Crippen LogP contribution in [0.2, 0.25) is 0 Å². The van der Waals surface area contributed by atoms with Crippen LogP contribution in [0.1, 0.15) is 24.2 Å². The number of nitrogens with one attached hydrogen (secondary N) is 1. The molecule has 1 saturated heterocycles. The van der Waals surface area contributed by atoms with Gasteiger partial charge in [0, 0.05) is 6.54 Å². The van der Waals surface area contributed by atoms with E-state index < -0.39 is 0 Å². The van der Waals surface area contributed by atoms with Gasteiger partial charge in [-0.3, -0.25) is 9.48 Å². The number of nitrogen functional groups attached to an aromatic ring is 1. The van der Waals surface area contributed by atoms with Crippen LogP contribution >= 0.6 is 0 Å². The SMILES string of the molecule is Cc1nn(CC(=O)NCC2CCN(C)CC2)c(C)c1N. The molecule has 0 saturated carbocycles. The van der Waals surface area contributed by atoms with E-state index in [2.05, 4.69) is 22.4 Å². The Kier molecular flexibility index (Phi) is 4.65. The minimum atomic E-state index is 0.00882. The maximum absolute atomic E-state index is 12.0. The number of nitrogens with two attached hydrogens (primary N) is 1. The maximum Gasteiger partial charge on any atom is 0.241 e. The van der Waals surface area contributed by atoms with Gasteiger partial charge in [-0.15, -0.1) is 0 Å². The third-order valence-electron chi connectivity index (χ3n) is 4.16. The van der Waals surface area contributed by atoms with Crippen LogP contribution < -0.4 is 11.1 Å². The minimum absolute atomic E-state index is 0.00882. The minimum Gasteiger partial charge on any atom is -0.396 e. The number of likely N-dealkylation sites (tertiary alicyclic amines) is 1. The van der Waals surface area contributed by atoms with E-state index in [4.69, 9.17) is 5.73 Å². The predicted octanol–water partition coefficient (Wildman–Crippen LogP) is 0.540. The van der Waals surface area contributed by atoms with E-state index in [-0.39, 0.29) is 12.5 Å². The first kappa shape index (κ1) is 14.8. The molecule has 0 aliphatic carbocycles. The Bertz CT molecular complexity index is 474. The average Bonchev–Trinajstić information content (AvgIpc) is 2.66. The first-order valence-electron chi connectivity index (χ1n) is 7.22. The zero-order valence-electron chi connectivity index (χ0n) is 12.6. The van der Waals surface area contributed by atoms with Crippen LogP contribution in [0.25, 0.3) is 0 Å². The smallest absolute Gasteiger partial charge is 0.241 e. The van der Waals surface area contributed by atoms with Gasteiger partial charge in [0.25, 0.3) is 0 Å². The monoisotopic (exact) mass is 279 g/mol. The van der Waals surface area contributed by atoms with E-state index in [0.29, 0.717) is 11.6 Å². The van der Waals surface area contributed by atoms with Crippen molar-refractivity contribution < 1.29 is 4.79 Å². The van der Waals surface area contributed by atoms with Gasteiger partial charge in [0.1, 0.15) is 6.54 Å². The number of hydrogen-bond acceptors (Lipinski definition) is 4. The number of rotatable bonds is 4. The molecule has 1 amide bonds. The van der Waals surface area contributed by atoms with Crippen LogP contribution in [-0.2, 0) is 11.3 Å². The molecule has 1 fully saturated rings. The summed E-state index contributed by atoms with van der Waals surface area (Å²) in [5.74, 6) is 0.607. The normalized spacial score (nSPS) is 17.4. The number of nitrogens with zero attached hydrogens (tertiary/aromatic N) is 3. The molecule has 1 aliphatic heterocycles. The lowest BCUT2D eigenvalue weighted by molar-refractivity contribution is -0.122. The molecule has 6 heteroatoms. The molecule has 0 radical (unpaired) electrons. The second-order valence-electron chi connectivity index (χ2n) is 5.79. The largest absolute Gasteiger partial charge is 0.396 e. The first-order valence-corrected chi connectivity index (χ1v) is 7.22. The number of anilines is 1. The zero-order valence-corrected chi connectivity index (χ0v) is 12.6. The number of aryl methyl sites for hydroxylation is 1. The van der Waals surface area contributed by atoms with Gasteiger partial charge in [-0.05, 0) is 52.7 Å². The number of hydrogen-bond donors (Lipinski definition) is 2. The van der Waals surface area contributed by atoms with Gasteiger partial charge >= 0.3 is 0 Å². The summed E-state index contributed by atoms with van der Waals surface area (Å²) < 4.78 is 1.68. The van der Waals surface area contributed by atoms with Crippen molar-refractivity contribution in [2.75, 3.05) is 32.4 Å². The quantitative estimate of drug-likeness (QED) is 0.843. The molecule has 20 heavy (non-hydrogen) atoms. The summed E-state index contributed by atoms with van der Waals surface area (Å²) in [6, 6.07) is 0. The van der Waals surface area contributed by atoms with Crippen molar-refractivity contribution in [1.29, 1.82) is 0 Å². The Balaban J connectivity index is 1.79. The van der Waals surface area contributed by atoms with Gasteiger partial charge in [-0.25, -0.2) is 0 Å². The van der Waals surface area contributed by atoms with Gasteiger partial charge in [-0.1, -0.05) is 0 Å². The van der Waals surface area contributed by atoms with Crippen LogP contribution in [0.4, 0.5) is 5.69 Å². The highest BCUT2D eigenvalue weighted by molar-refractivity contribution is 5.75. The molecule has 0 spiro atoms. The molecule has 0 aromatic carbocycles. The number of carbonyl (C=O) groups is 1. The molecular formula is C14H25N5O.